The van der Waals surface area contributed by atoms with E-state index in [1.807, 2.05) is 48.5 Å². The fraction of sp³-hybridized carbons (Fsp3) is 0.0500. The molecule has 26 heavy (non-hydrogen) atoms. The van der Waals surface area contributed by atoms with E-state index in [-0.39, 0.29) is 5.97 Å². The standard InChI is InChI=1S/C20H16N4O2/c1-26-19(25)15-10-12-16(13-11-15)21-20-22-18-9-5-8-17(24(18)23-20)14-6-3-2-4-7-14/h2-13H,1H3,(H,21,23). The first-order valence-electron chi connectivity index (χ1n) is 8.11. The number of methoxy groups -OCH3 is 1. The molecule has 6 nitrogen and oxygen atoms in total. The van der Waals surface area contributed by atoms with Crippen molar-refractivity contribution in [1.82, 2.24) is 14.6 Å². The maximum absolute atomic E-state index is 11.5. The number of hydrogen-bond acceptors (Lipinski definition) is 5. The number of esters is 1. The number of ether oxygens (including phenoxy) is 1. The molecule has 128 valence electrons. The van der Waals surface area contributed by atoms with Crippen molar-refractivity contribution in [3.05, 3.63) is 78.4 Å². The van der Waals surface area contributed by atoms with Crippen LogP contribution in [0.2, 0.25) is 0 Å². The van der Waals surface area contributed by atoms with Crippen LogP contribution < -0.4 is 5.32 Å². The second kappa shape index (κ2) is 6.68. The molecular formula is C20H16N4O2. The highest BCUT2D eigenvalue weighted by Gasteiger charge is 2.09. The largest absolute Gasteiger partial charge is 0.465 e. The molecule has 0 aliphatic rings. The summed E-state index contributed by atoms with van der Waals surface area (Å²) >= 11 is 0. The molecule has 0 saturated carbocycles. The molecule has 0 amide bonds. The highest BCUT2D eigenvalue weighted by atomic mass is 16.5. The second-order valence-corrected chi connectivity index (χ2v) is 5.68. The Balaban J connectivity index is 1.65. The van der Waals surface area contributed by atoms with Crippen LogP contribution in [-0.2, 0) is 4.74 Å². The van der Waals surface area contributed by atoms with E-state index < -0.39 is 0 Å². The average molecular weight is 344 g/mol. The second-order valence-electron chi connectivity index (χ2n) is 5.68. The summed E-state index contributed by atoms with van der Waals surface area (Å²) in [6.07, 6.45) is 0. The predicted octanol–water partition coefficient (Wildman–Crippen LogP) is 3.93. The number of benzene rings is 2. The van der Waals surface area contributed by atoms with Crippen molar-refractivity contribution in [1.29, 1.82) is 0 Å². The Morgan fingerprint density at radius 3 is 2.46 bits per heavy atom. The number of fused-ring (bicyclic) bond motifs is 1. The van der Waals surface area contributed by atoms with E-state index in [0.29, 0.717) is 11.5 Å². The van der Waals surface area contributed by atoms with E-state index in [9.17, 15) is 4.79 Å². The first-order chi connectivity index (χ1) is 12.7. The third-order valence-electron chi connectivity index (χ3n) is 3.99. The highest BCUT2D eigenvalue weighted by Crippen LogP contribution is 2.22. The monoisotopic (exact) mass is 344 g/mol. The van der Waals surface area contributed by atoms with Crippen molar-refractivity contribution in [3.8, 4) is 11.3 Å². The summed E-state index contributed by atoms with van der Waals surface area (Å²) in [6, 6.07) is 22.9. The molecule has 0 saturated heterocycles. The molecule has 0 aliphatic carbocycles. The molecule has 2 heterocycles. The summed E-state index contributed by atoms with van der Waals surface area (Å²) in [5.74, 6) is 0.120. The van der Waals surface area contributed by atoms with E-state index in [2.05, 4.69) is 15.4 Å². The van der Waals surface area contributed by atoms with Gasteiger partial charge in [-0.2, -0.15) is 4.98 Å². The normalized spacial score (nSPS) is 10.7. The molecule has 0 fully saturated rings. The topological polar surface area (TPSA) is 68.5 Å². The average Bonchev–Trinajstić information content (AvgIpc) is 3.11. The Hall–Kier alpha value is -3.67. The van der Waals surface area contributed by atoms with Gasteiger partial charge in [-0.15, -0.1) is 5.10 Å². The van der Waals surface area contributed by atoms with Gasteiger partial charge >= 0.3 is 5.97 Å². The first kappa shape index (κ1) is 15.8. The van der Waals surface area contributed by atoms with Crippen molar-refractivity contribution in [2.24, 2.45) is 0 Å². The Morgan fingerprint density at radius 2 is 1.73 bits per heavy atom. The van der Waals surface area contributed by atoms with Gasteiger partial charge in [-0.25, -0.2) is 9.31 Å². The Morgan fingerprint density at radius 1 is 0.962 bits per heavy atom. The summed E-state index contributed by atoms with van der Waals surface area (Å²) < 4.78 is 6.51. The molecule has 0 spiro atoms. The summed E-state index contributed by atoms with van der Waals surface area (Å²) in [4.78, 5) is 16.0. The molecule has 4 rings (SSSR count). The quantitative estimate of drug-likeness (QED) is 0.568. The number of hydrogen-bond donors (Lipinski definition) is 1. The van der Waals surface area contributed by atoms with Crippen LogP contribution in [0.15, 0.2) is 72.8 Å². The fourth-order valence-corrected chi connectivity index (χ4v) is 2.72. The van der Waals surface area contributed by atoms with Crippen LogP contribution in [-0.4, -0.2) is 27.7 Å². The van der Waals surface area contributed by atoms with Gasteiger partial charge in [-0.3, -0.25) is 0 Å². The maximum Gasteiger partial charge on any atom is 0.337 e. The van der Waals surface area contributed by atoms with Crippen LogP contribution in [0.25, 0.3) is 16.9 Å². The minimum Gasteiger partial charge on any atom is -0.465 e. The summed E-state index contributed by atoms with van der Waals surface area (Å²) in [6.45, 7) is 0. The Labute approximate surface area is 150 Å². The lowest BCUT2D eigenvalue weighted by Crippen LogP contribution is -2.01. The smallest absolute Gasteiger partial charge is 0.337 e. The number of carbonyl (C=O) groups is 1. The van der Waals surface area contributed by atoms with Crippen LogP contribution in [0.4, 0.5) is 11.6 Å². The molecule has 0 radical (unpaired) electrons. The number of anilines is 2. The van der Waals surface area contributed by atoms with Crippen LogP contribution in [0, 0.1) is 0 Å². The minimum atomic E-state index is -0.366. The molecular weight excluding hydrogens is 328 g/mol. The number of nitrogens with zero attached hydrogens (tertiary/aromatic N) is 3. The van der Waals surface area contributed by atoms with E-state index in [0.717, 1.165) is 22.6 Å². The lowest BCUT2D eigenvalue weighted by Gasteiger charge is -2.04. The van der Waals surface area contributed by atoms with Crippen molar-refractivity contribution in [2.75, 3.05) is 12.4 Å². The summed E-state index contributed by atoms with van der Waals surface area (Å²) in [5, 5.41) is 7.72. The Kier molecular flexibility index (Phi) is 4.07. The van der Waals surface area contributed by atoms with Crippen molar-refractivity contribution in [3.63, 3.8) is 0 Å². The molecule has 1 N–H and O–H groups in total. The minimum absolute atomic E-state index is 0.366. The Bertz CT molecular complexity index is 1060. The number of nitrogens with one attached hydrogen (secondary N) is 1. The molecule has 2 aromatic heterocycles. The summed E-state index contributed by atoms with van der Waals surface area (Å²) in [5.41, 5.74) is 4.06. The number of rotatable bonds is 4. The lowest BCUT2D eigenvalue weighted by molar-refractivity contribution is 0.0601. The zero-order chi connectivity index (χ0) is 17.9. The van der Waals surface area contributed by atoms with Gasteiger partial charge in [-0.05, 0) is 36.4 Å². The van der Waals surface area contributed by atoms with Gasteiger partial charge in [0, 0.05) is 11.3 Å². The van der Waals surface area contributed by atoms with Gasteiger partial charge in [0.15, 0.2) is 5.65 Å². The number of carbonyl (C=O) groups excluding carboxylic acids is 1. The van der Waals surface area contributed by atoms with Gasteiger partial charge in [-0.1, -0.05) is 36.4 Å². The van der Waals surface area contributed by atoms with E-state index in [4.69, 9.17) is 4.74 Å². The van der Waals surface area contributed by atoms with Crippen LogP contribution >= 0.6 is 0 Å². The van der Waals surface area contributed by atoms with Crippen LogP contribution in [0.5, 0.6) is 0 Å². The van der Waals surface area contributed by atoms with Gasteiger partial charge < -0.3 is 10.1 Å². The molecule has 6 heteroatoms. The van der Waals surface area contributed by atoms with E-state index in [1.165, 1.54) is 7.11 Å². The SMILES string of the molecule is COC(=O)c1ccc(Nc2nc3cccc(-c4ccccc4)n3n2)cc1. The van der Waals surface area contributed by atoms with E-state index in [1.54, 1.807) is 28.8 Å². The lowest BCUT2D eigenvalue weighted by atomic mass is 10.1. The van der Waals surface area contributed by atoms with Crippen LogP contribution in [0.1, 0.15) is 10.4 Å². The molecule has 4 aromatic rings. The van der Waals surface area contributed by atoms with Crippen molar-refractivity contribution < 1.29 is 9.53 Å². The summed E-state index contributed by atoms with van der Waals surface area (Å²) in [7, 11) is 1.36. The molecule has 2 aromatic carbocycles. The molecule has 0 atom stereocenters. The van der Waals surface area contributed by atoms with Gasteiger partial charge in [0.05, 0.1) is 18.4 Å². The predicted molar refractivity (Wildman–Crippen MR) is 99.5 cm³/mol. The van der Waals surface area contributed by atoms with Gasteiger partial charge in [0.1, 0.15) is 0 Å². The first-order valence-corrected chi connectivity index (χ1v) is 8.11. The molecule has 0 bridgehead atoms. The van der Waals surface area contributed by atoms with Crippen molar-refractivity contribution in [2.45, 2.75) is 0 Å². The van der Waals surface area contributed by atoms with Gasteiger partial charge in [0.25, 0.3) is 0 Å². The maximum atomic E-state index is 11.5. The number of aromatic nitrogens is 3. The van der Waals surface area contributed by atoms with Crippen LogP contribution in [0.3, 0.4) is 0 Å². The molecule has 0 unspecified atom stereocenters. The molecule has 0 aliphatic heterocycles. The van der Waals surface area contributed by atoms with E-state index >= 15 is 0 Å². The highest BCUT2D eigenvalue weighted by molar-refractivity contribution is 5.89. The third-order valence-corrected chi connectivity index (χ3v) is 3.99. The zero-order valence-electron chi connectivity index (χ0n) is 14.1. The fourth-order valence-electron chi connectivity index (χ4n) is 2.72. The van der Waals surface area contributed by atoms with Crippen molar-refractivity contribution >= 4 is 23.3 Å². The third kappa shape index (κ3) is 3.00. The number of pyridine rings is 1. The van der Waals surface area contributed by atoms with Gasteiger partial charge in [0.2, 0.25) is 5.95 Å². The zero-order valence-corrected chi connectivity index (χ0v) is 14.1.